The third-order valence-electron chi connectivity index (χ3n) is 0.502. The van der Waals surface area contributed by atoms with E-state index < -0.39 is 0 Å². The van der Waals surface area contributed by atoms with Gasteiger partial charge in [-0.25, -0.2) is 4.79 Å². The molecule has 1 rings (SSSR count). The fourth-order valence-corrected chi connectivity index (χ4v) is 0.261. The first-order valence-electron chi connectivity index (χ1n) is 1.77. The number of rotatable bonds is 0. The Morgan fingerprint density at radius 1 is 1.71 bits per heavy atom. The van der Waals surface area contributed by atoms with Crippen LogP contribution >= 0.6 is 0 Å². The Morgan fingerprint density at radius 3 is 2.86 bits per heavy atom. The predicted molar refractivity (Wildman–Crippen MR) is 21.9 cm³/mol. The van der Waals surface area contributed by atoms with E-state index in [0.717, 1.165) is 0 Å². The van der Waals surface area contributed by atoms with Gasteiger partial charge in [0.05, 0.1) is 0 Å². The summed E-state index contributed by atoms with van der Waals surface area (Å²) < 4.78 is 0. The monoisotopic (exact) mass is 100 g/mol. The van der Waals surface area contributed by atoms with Crippen LogP contribution in [0.4, 0.5) is 4.79 Å². The zero-order valence-corrected chi connectivity index (χ0v) is 3.47. The van der Waals surface area contributed by atoms with Gasteiger partial charge in [-0.1, -0.05) is 0 Å². The second-order valence-electron chi connectivity index (χ2n) is 0.996. The lowest BCUT2D eigenvalue weighted by molar-refractivity contribution is 0.133. The van der Waals surface area contributed by atoms with E-state index in [1.54, 1.807) is 0 Å². The molecule has 0 bridgehead atoms. The molecule has 38 valence electrons. The highest BCUT2D eigenvalue weighted by atomic mass is 16.6. The molecule has 0 saturated carbocycles. The quantitative estimate of drug-likeness (QED) is 0.439. The first-order valence-corrected chi connectivity index (χ1v) is 1.77. The zero-order valence-electron chi connectivity index (χ0n) is 3.47. The van der Waals surface area contributed by atoms with E-state index >= 15 is 0 Å². The van der Waals surface area contributed by atoms with Crippen molar-refractivity contribution in [3.05, 3.63) is 12.5 Å². The Bertz CT molecular complexity index is 110. The van der Waals surface area contributed by atoms with Crippen LogP contribution in [0.5, 0.6) is 0 Å². The summed E-state index contributed by atoms with van der Waals surface area (Å²) in [5, 5.41) is 2.33. The lowest BCUT2D eigenvalue weighted by Gasteiger charge is -2.05. The molecular formula is C3H4N2O2. The van der Waals surface area contributed by atoms with E-state index in [2.05, 4.69) is 10.2 Å². The van der Waals surface area contributed by atoms with Crippen molar-refractivity contribution in [1.82, 2.24) is 10.8 Å². The molecule has 0 saturated heterocycles. The number of nitrogens with one attached hydrogen (secondary N) is 2. The third kappa shape index (κ3) is 0.819. The van der Waals surface area contributed by atoms with Gasteiger partial charge in [0.15, 0.2) is 0 Å². The molecular weight excluding hydrogens is 96.0 g/mol. The second-order valence-corrected chi connectivity index (χ2v) is 0.996. The highest BCUT2D eigenvalue weighted by Gasteiger charge is 1.96. The van der Waals surface area contributed by atoms with E-state index in [4.69, 9.17) is 0 Å². The van der Waals surface area contributed by atoms with Crippen LogP contribution in [0.15, 0.2) is 12.5 Å². The van der Waals surface area contributed by atoms with Crippen molar-refractivity contribution in [3.8, 4) is 0 Å². The van der Waals surface area contributed by atoms with Crippen LogP contribution in [-0.4, -0.2) is 6.03 Å². The minimum Gasteiger partial charge on any atom is -0.384 e. The Kier molecular flexibility index (Phi) is 0.856. The number of carbonyl (C=O) groups excluding carboxylic acids is 1. The summed E-state index contributed by atoms with van der Waals surface area (Å²) in [7, 11) is 0. The average molecular weight is 100 g/mol. The first-order chi connectivity index (χ1) is 3.39. The molecule has 4 heteroatoms. The fourth-order valence-electron chi connectivity index (χ4n) is 0.261. The Hall–Kier alpha value is -1.19. The normalized spacial score (nSPS) is 16.9. The SMILES string of the molecule is O=C1NC=CON1. The molecule has 4 nitrogen and oxygen atoms in total. The van der Waals surface area contributed by atoms with Gasteiger partial charge in [0.25, 0.3) is 0 Å². The van der Waals surface area contributed by atoms with Gasteiger partial charge in [0.2, 0.25) is 0 Å². The molecule has 0 aromatic rings. The fraction of sp³-hybridized carbons (Fsp3) is 0. The molecule has 2 amide bonds. The standard InChI is InChI=1S/C3H4N2O2/c6-3-4-1-2-7-5-3/h1-2H,(H2,4,5,6). The topological polar surface area (TPSA) is 50.4 Å². The Balaban J connectivity index is 2.47. The van der Waals surface area contributed by atoms with Gasteiger partial charge in [-0.05, 0) is 0 Å². The van der Waals surface area contributed by atoms with Crippen molar-refractivity contribution in [2.45, 2.75) is 0 Å². The van der Waals surface area contributed by atoms with Crippen LogP contribution in [-0.2, 0) is 4.84 Å². The molecule has 0 aromatic carbocycles. The molecule has 0 aromatic heterocycles. The van der Waals surface area contributed by atoms with E-state index in [1.165, 1.54) is 12.5 Å². The molecule has 0 fully saturated rings. The van der Waals surface area contributed by atoms with Crippen molar-refractivity contribution in [3.63, 3.8) is 0 Å². The number of hydrogen-bond donors (Lipinski definition) is 2. The van der Waals surface area contributed by atoms with Crippen molar-refractivity contribution in [2.75, 3.05) is 0 Å². The lowest BCUT2D eigenvalue weighted by Crippen LogP contribution is -2.34. The van der Waals surface area contributed by atoms with Gasteiger partial charge in [-0.15, -0.1) is 0 Å². The summed E-state index contributed by atoms with van der Waals surface area (Å²) in [4.78, 5) is 14.4. The Morgan fingerprint density at radius 2 is 2.57 bits per heavy atom. The molecule has 0 unspecified atom stereocenters. The Labute approximate surface area is 40.1 Å². The van der Waals surface area contributed by atoms with Gasteiger partial charge in [-0.2, -0.15) is 5.48 Å². The zero-order chi connectivity index (χ0) is 5.11. The molecule has 1 aliphatic heterocycles. The van der Waals surface area contributed by atoms with Crippen molar-refractivity contribution >= 4 is 6.03 Å². The van der Waals surface area contributed by atoms with Crippen molar-refractivity contribution in [1.29, 1.82) is 0 Å². The number of amides is 2. The maximum absolute atomic E-state index is 10.1. The minimum atomic E-state index is -0.345. The average Bonchev–Trinajstić information content (AvgIpc) is 1.69. The molecule has 0 radical (unpaired) electrons. The first kappa shape index (κ1) is 3.98. The largest absolute Gasteiger partial charge is 0.384 e. The van der Waals surface area contributed by atoms with E-state index in [9.17, 15) is 4.79 Å². The summed E-state index contributed by atoms with van der Waals surface area (Å²) in [5.74, 6) is 0. The lowest BCUT2D eigenvalue weighted by atomic mass is 10.8. The minimum absolute atomic E-state index is 0.345. The van der Waals surface area contributed by atoms with E-state index in [1.807, 2.05) is 5.48 Å². The number of carbonyl (C=O) groups is 1. The smallest absolute Gasteiger partial charge is 0.351 e. The maximum atomic E-state index is 10.1. The van der Waals surface area contributed by atoms with Crippen molar-refractivity contribution in [2.24, 2.45) is 0 Å². The van der Waals surface area contributed by atoms with E-state index in [-0.39, 0.29) is 6.03 Å². The molecule has 0 spiro atoms. The van der Waals surface area contributed by atoms with Gasteiger partial charge < -0.3 is 10.2 Å². The van der Waals surface area contributed by atoms with E-state index in [0.29, 0.717) is 0 Å². The molecule has 0 aliphatic carbocycles. The highest BCUT2D eigenvalue weighted by molar-refractivity contribution is 5.74. The number of hydroxylamine groups is 1. The van der Waals surface area contributed by atoms with Crippen LogP contribution < -0.4 is 10.8 Å². The molecule has 0 atom stereocenters. The summed E-state index contributed by atoms with van der Waals surface area (Å²) in [6.45, 7) is 0. The molecule has 1 aliphatic rings. The van der Waals surface area contributed by atoms with Crippen LogP contribution in [0, 0.1) is 0 Å². The van der Waals surface area contributed by atoms with Crippen molar-refractivity contribution < 1.29 is 9.63 Å². The molecule has 7 heavy (non-hydrogen) atoms. The van der Waals surface area contributed by atoms with Gasteiger partial charge in [0.1, 0.15) is 6.26 Å². The summed E-state index contributed by atoms with van der Waals surface area (Å²) in [6.07, 6.45) is 2.74. The summed E-state index contributed by atoms with van der Waals surface area (Å²) >= 11 is 0. The maximum Gasteiger partial charge on any atom is 0.351 e. The number of urea groups is 1. The third-order valence-corrected chi connectivity index (χ3v) is 0.502. The molecule has 1 heterocycles. The second kappa shape index (κ2) is 1.51. The van der Waals surface area contributed by atoms with Gasteiger partial charge >= 0.3 is 6.03 Å². The summed E-state index contributed by atoms with van der Waals surface area (Å²) in [5.41, 5.74) is 2.05. The highest BCUT2D eigenvalue weighted by Crippen LogP contribution is 1.76. The summed E-state index contributed by atoms with van der Waals surface area (Å²) in [6, 6.07) is -0.345. The molecule has 2 N–H and O–H groups in total. The van der Waals surface area contributed by atoms with Crippen LogP contribution in [0.1, 0.15) is 0 Å². The van der Waals surface area contributed by atoms with Gasteiger partial charge in [-0.3, -0.25) is 0 Å². The van der Waals surface area contributed by atoms with Crippen LogP contribution in [0.2, 0.25) is 0 Å². The van der Waals surface area contributed by atoms with Crippen LogP contribution in [0.3, 0.4) is 0 Å². The number of hydrogen-bond acceptors (Lipinski definition) is 2. The van der Waals surface area contributed by atoms with Gasteiger partial charge in [0, 0.05) is 6.20 Å². The predicted octanol–water partition coefficient (Wildman–Crippen LogP) is -0.298. The van der Waals surface area contributed by atoms with Crippen LogP contribution in [0.25, 0.3) is 0 Å².